The molecule has 1 fully saturated rings. The molecule has 0 radical (unpaired) electrons. The van der Waals surface area contributed by atoms with E-state index < -0.39 is 0 Å². The van der Waals surface area contributed by atoms with E-state index in [9.17, 15) is 4.79 Å². The van der Waals surface area contributed by atoms with E-state index in [0.29, 0.717) is 5.12 Å². The second kappa shape index (κ2) is 4.18. The van der Waals surface area contributed by atoms with Crippen LogP contribution in [0.4, 0.5) is 0 Å². The van der Waals surface area contributed by atoms with E-state index in [1.54, 1.807) is 0 Å². The molecule has 92 valence electrons. The molecule has 3 rings (SSSR count). The van der Waals surface area contributed by atoms with Crippen molar-refractivity contribution in [2.24, 2.45) is 0 Å². The minimum Gasteiger partial charge on any atom is -0.363 e. The predicted molar refractivity (Wildman–Crippen MR) is 69.4 cm³/mol. The Morgan fingerprint density at radius 1 is 1.53 bits per heavy atom. The maximum absolute atomic E-state index is 12.3. The Hall–Kier alpha value is -0.740. The normalized spacial score (nSPS) is 27.7. The van der Waals surface area contributed by atoms with Gasteiger partial charge in [0.05, 0.1) is 5.41 Å². The number of fused-ring (bicyclic) bond motifs is 2. The second-order valence-corrected chi connectivity index (χ2v) is 6.00. The molecule has 1 aromatic heterocycles. The molecule has 2 N–H and O–H groups in total. The van der Waals surface area contributed by atoms with Gasteiger partial charge in [0.2, 0.25) is 5.12 Å². The van der Waals surface area contributed by atoms with Crippen LogP contribution in [-0.4, -0.2) is 23.2 Å². The highest BCUT2D eigenvalue weighted by molar-refractivity contribution is 8.14. The van der Waals surface area contributed by atoms with Gasteiger partial charge in [-0.3, -0.25) is 4.79 Å². The second-order valence-electron chi connectivity index (χ2n) is 5.02. The summed E-state index contributed by atoms with van der Waals surface area (Å²) in [6.07, 6.45) is 6.38. The summed E-state index contributed by atoms with van der Waals surface area (Å²) < 4.78 is 0. The van der Waals surface area contributed by atoms with Crippen molar-refractivity contribution >= 4 is 16.9 Å². The van der Waals surface area contributed by atoms with E-state index in [1.807, 2.05) is 0 Å². The fourth-order valence-electron chi connectivity index (χ4n) is 2.96. The Kier molecular flexibility index (Phi) is 2.79. The summed E-state index contributed by atoms with van der Waals surface area (Å²) in [4.78, 5) is 16.9. The average molecular weight is 250 g/mol. The van der Waals surface area contributed by atoms with Crippen molar-refractivity contribution in [3.05, 3.63) is 17.5 Å². The number of H-pyrrole nitrogens is 1. The third kappa shape index (κ3) is 1.58. The highest BCUT2D eigenvalue weighted by Crippen LogP contribution is 2.49. The zero-order chi connectivity index (χ0) is 11.9. The smallest absolute Gasteiger partial charge is 0.207 e. The van der Waals surface area contributed by atoms with E-state index in [4.69, 9.17) is 0 Å². The first-order valence-electron chi connectivity index (χ1n) is 6.41. The number of carbonyl (C=O) groups is 1. The van der Waals surface area contributed by atoms with Crippen molar-refractivity contribution in [1.82, 2.24) is 10.3 Å². The number of hydrogen-bond acceptors (Lipinski definition) is 3. The Labute approximate surface area is 106 Å². The molecule has 0 bridgehead atoms. The molecule has 1 aromatic rings. The number of carbonyl (C=O) groups excluding carboxylic acids is 1. The first-order valence-corrected chi connectivity index (χ1v) is 7.23. The first-order chi connectivity index (χ1) is 8.28. The van der Waals surface area contributed by atoms with Gasteiger partial charge in [0.1, 0.15) is 0 Å². The van der Waals surface area contributed by atoms with Crippen molar-refractivity contribution in [1.29, 1.82) is 0 Å². The van der Waals surface area contributed by atoms with Crippen LogP contribution < -0.4 is 5.32 Å². The van der Waals surface area contributed by atoms with Crippen LogP contribution in [0.2, 0.25) is 0 Å². The molecule has 2 aliphatic rings. The van der Waals surface area contributed by atoms with E-state index >= 15 is 0 Å². The maximum Gasteiger partial charge on any atom is 0.207 e. The van der Waals surface area contributed by atoms with Crippen LogP contribution in [0.25, 0.3) is 0 Å². The van der Waals surface area contributed by atoms with Crippen LogP contribution in [0.1, 0.15) is 37.4 Å². The van der Waals surface area contributed by atoms with Crippen molar-refractivity contribution in [3.63, 3.8) is 0 Å². The number of aromatic nitrogens is 1. The molecule has 1 saturated heterocycles. The highest BCUT2D eigenvalue weighted by Gasteiger charge is 2.49. The van der Waals surface area contributed by atoms with Gasteiger partial charge in [0.15, 0.2) is 0 Å². The summed E-state index contributed by atoms with van der Waals surface area (Å²) in [5, 5.41) is 3.71. The van der Waals surface area contributed by atoms with Crippen molar-refractivity contribution in [3.8, 4) is 0 Å². The standard InChI is InChI=1S/C13H18N2OS/c1-2-4-9-7-15-11-10(9)17-12(16)13(11)5-3-6-14-8-13/h7,14-15H,2-6,8H2,1H3. The van der Waals surface area contributed by atoms with Crippen molar-refractivity contribution in [2.75, 3.05) is 13.1 Å². The molecule has 3 heterocycles. The van der Waals surface area contributed by atoms with Crippen LogP contribution in [0.5, 0.6) is 0 Å². The lowest BCUT2D eigenvalue weighted by Crippen LogP contribution is -2.46. The summed E-state index contributed by atoms with van der Waals surface area (Å²) in [5.74, 6) is 0. The topological polar surface area (TPSA) is 44.9 Å². The molecular weight excluding hydrogens is 232 g/mol. The lowest BCUT2D eigenvalue weighted by Gasteiger charge is -2.31. The molecule has 0 amide bonds. The summed E-state index contributed by atoms with van der Waals surface area (Å²) in [6.45, 7) is 4.02. The zero-order valence-electron chi connectivity index (χ0n) is 10.1. The molecule has 1 atom stereocenters. The molecule has 17 heavy (non-hydrogen) atoms. The van der Waals surface area contributed by atoms with Crippen molar-refractivity contribution in [2.45, 2.75) is 42.9 Å². The van der Waals surface area contributed by atoms with Crippen LogP contribution in [-0.2, 0) is 16.6 Å². The minimum atomic E-state index is -0.260. The predicted octanol–water partition coefficient (Wildman–Crippen LogP) is 2.22. The molecule has 0 saturated carbocycles. The van der Waals surface area contributed by atoms with Crippen LogP contribution in [0, 0.1) is 0 Å². The molecule has 1 spiro atoms. The number of nitrogens with one attached hydrogen (secondary N) is 2. The van der Waals surface area contributed by atoms with Gasteiger partial charge >= 0.3 is 0 Å². The Balaban J connectivity index is 2.01. The monoisotopic (exact) mass is 250 g/mol. The Bertz CT molecular complexity index is 446. The van der Waals surface area contributed by atoms with Crippen LogP contribution >= 0.6 is 11.8 Å². The lowest BCUT2D eigenvalue weighted by atomic mass is 9.79. The van der Waals surface area contributed by atoms with Gasteiger partial charge in [-0.15, -0.1) is 0 Å². The summed E-state index contributed by atoms with van der Waals surface area (Å²) in [5.41, 5.74) is 2.25. The third-order valence-electron chi connectivity index (χ3n) is 3.88. The van der Waals surface area contributed by atoms with E-state index in [1.165, 1.54) is 27.9 Å². The van der Waals surface area contributed by atoms with Crippen LogP contribution in [0.3, 0.4) is 0 Å². The fraction of sp³-hybridized carbons (Fsp3) is 0.615. The zero-order valence-corrected chi connectivity index (χ0v) is 11.0. The van der Waals surface area contributed by atoms with Gasteiger partial charge in [0, 0.05) is 23.3 Å². The number of hydrogen-bond donors (Lipinski definition) is 2. The Morgan fingerprint density at radius 3 is 3.12 bits per heavy atom. The molecule has 4 heteroatoms. The van der Waals surface area contributed by atoms with Gasteiger partial charge in [-0.05, 0) is 43.1 Å². The average Bonchev–Trinajstić information content (AvgIpc) is 2.84. The van der Waals surface area contributed by atoms with Gasteiger partial charge in [0.25, 0.3) is 0 Å². The number of piperidine rings is 1. The van der Waals surface area contributed by atoms with Crippen LogP contribution in [0.15, 0.2) is 11.1 Å². The van der Waals surface area contributed by atoms with E-state index in [0.717, 1.165) is 38.8 Å². The fourth-order valence-corrected chi connectivity index (χ4v) is 4.27. The summed E-state index contributed by atoms with van der Waals surface area (Å²) >= 11 is 1.46. The minimum absolute atomic E-state index is 0.260. The molecule has 1 unspecified atom stereocenters. The van der Waals surface area contributed by atoms with Gasteiger partial charge in [-0.2, -0.15) is 0 Å². The SMILES string of the molecule is CCCc1c[nH]c2c1SC(=O)C21CCCNC1. The van der Waals surface area contributed by atoms with Gasteiger partial charge < -0.3 is 10.3 Å². The summed E-state index contributed by atoms with van der Waals surface area (Å²) in [7, 11) is 0. The van der Waals surface area contributed by atoms with E-state index in [2.05, 4.69) is 23.4 Å². The molecule has 2 aliphatic heterocycles. The number of rotatable bonds is 2. The largest absolute Gasteiger partial charge is 0.363 e. The number of aryl methyl sites for hydroxylation is 1. The van der Waals surface area contributed by atoms with Crippen molar-refractivity contribution < 1.29 is 4.79 Å². The maximum atomic E-state index is 12.3. The number of thioether (sulfide) groups is 1. The Morgan fingerprint density at radius 2 is 2.41 bits per heavy atom. The highest BCUT2D eigenvalue weighted by atomic mass is 32.2. The molecule has 0 aromatic carbocycles. The van der Waals surface area contributed by atoms with E-state index in [-0.39, 0.29) is 5.41 Å². The van der Waals surface area contributed by atoms with Gasteiger partial charge in [-0.1, -0.05) is 13.3 Å². The first kappa shape index (κ1) is 11.4. The number of aromatic amines is 1. The summed E-state index contributed by atoms with van der Waals surface area (Å²) in [6, 6.07) is 0. The molecular formula is C13H18N2OS. The quantitative estimate of drug-likeness (QED) is 0.846. The third-order valence-corrected chi connectivity index (χ3v) is 5.12. The molecule has 0 aliphatic carbocycles. The van der Waals surface area contributed by atoms with Gasteiger partial charge in [-0.25, -0.2) is 0 Å². The molecule has 3 nitrogen and oxygen atoms in total. The lowest BCUT2D eigenvalue weighted by molar-refractivity contribution is -0.116.